The molecule has 260 valence electrons. The van der Waals surface area contributed by atoms with E-state index in [2.05, 4.69) is 121 Å². The van der Waals surface area contributed by atoms with E-state index in [1.807, 2.05) is 49.7 Å². The van der Waals surface area contributed by atoms with Gasteiger partial charge in [-0.25, -0.2) is 15.0 Å². The second kappa shape index (κ2) is 13.5. The number of hydrogen-bond donors (Lipinski definition) is 0. The van der Waals surface area contributed by atoms with Gasteiger partial charge in [0.15, 0.2) is 17.5 Å². The smallest absolute Gasteiger partial charge is 0.164 e. The van der Waals surface area contributed by atoms with E-state index in [0.717, 1.165) is 44.6 Å². The van der Waals surface area contributed by atoms with Crippen LogP contribution in [0.5, 0.6) is 0 Å². The zero-order valence-electron chi connectivity index (χ0n) is 30.2. The highest BCUT2D eigenvalue weighted by Gasteiger charge is 2.52. The molecular formula is C48H42N3OP. The van der Waals surface area contributed by atoms with E-state index in [9.17, 15) is 4.57 Å². The van der Waals surface area contributed by atoms with Crippen LogP contribution in [0.2, 0.25) is 0 Å². The van der Waals surface area contributed by atoms with Gasteiger partial charge in [-0.2, -0.15) is 0 Å². The van der Waals surface area contributed by atoms with Gasteiger partial charge in [0.25, 0.3) is 0 Å². The lowest BCUT2D eigenvalue weighted by molar-refractivity contribution is 0.320. The van der Waals surface area contributed by atoms with Crippen molar-refractivity contribution in [3.05, 3.63) is 169 Å². The molecule has 0 spiro atoms. The minimum atomic E-state index is -2.31. The number of hydrogen-bond acceptors (Lipinski definition) is 4. The van der Waals surface area contributed by atoms with Crippen LogP contribution >= 0.6 is 7.14 Å². The average molecular weight is 708 g/mol. The van der Waals surface area contributed by atoms with Crippen molar-refractivity contribution in [3.63, 3.8) is 0 Å². The largest absolute Gasteiger partial charge is 0.319 e. The topological polar surface area (TPSA) is 55.7 Å². The Kier molecular flexibility index (Phi) is 8.52. The standard InChI is InChI=1S/C48H42N3OP/c1-53(2,52)42-28-23-34(24-29-42)38-16-11-17-40(31-38)48(32-33-20-25-41(48)30-33)39-26-21-37(22-27-39)46-49-45(36-14-7-4-8-15-36)50-47(51-46)44-19-10-9-18-43(44)35-12-5-3-6-13-35/h3-19,21-24,26-29,31,33,41H,20,25,30,32H2,1-2H3. The molecule has 2 bridgehead atoms. The van der Waals surface area contributed by atoms with E-state index < -0.39 is 7.14 Å². The summed E-state index contributed by atoms with van der Waals surface area (Å²) in [7, 11) is -2.31. The van der Waals surface area contributed by atoms with Gasteiger partial charge in [-0.1, -0.05) is 164 Å². The van der Waals surface area contributed by atoms with Gasteiger partial charge < -0.3 is 4.57 Å². The van der Waals surface area contributed by atoms with E-state index in [1.165, 1.54) is 42.4 Å². The van der Waals surface area contributed by atoms with Crippen LogP contribution in [0.4, 0.5) is 0 Å². The van der Waals surface area contributed by atoms with Crippen LogP contribution in [-0.2, 0) is 9.98 Å². The number of aromatic nitrogens is 3. The van der Waals surface area contributed by atoms with Gasteiger partial charge in [0, 0.05) is 27.4 Å². The summed E-state index contributed by atoms with van der Waals surface area (Å²) in [5, 5.41) is 0.920. The second-order valence-electron chi connectivity index (χ2n) is 15.2. The van der Waals surface area contributed by atoms with Crippen LogP contribution < -0.4 is 5.30 Å². The highest BCUT2D eigenvalue weighted by atomic mass is 31.2. The van der Waals surface area contributed by atoms with Gasteiger partial charge in [-0.3, -0.25) is 0 Å². The highest BCUT2D eigenvalue weighted by molar-refractivity contribution is 7.70. The minimum Gasteiger partial charge on any atom is -0.319 e. The second-order valence-corrected chi connectivity index (χ2v) is 18.4. The fraction of sp³-hybridized carbons (Fsp3) is 0.188. The molecule has 0 amide bonds. The summed E-state index contributed by atoms with van der Waals surface area (Å²) in [6, 6.07) is 55.6. The van der Waals surface area contributed by atoms with Crippen LogP contribution in [0.15, 0.2) is 158 Å². The van der Waals surface area contributed by atoms with Gasteiger partial charge in [-0.05, 0) is 77.8 Å². The first kappa shape index (κ1) is 33.4. The van der Waals surface area contributed by atoms with Crippen LogP contribution in [0.3, 0.4) is 0 Å². The Morgan fingerprint density at radius 2 is 1.08 bits per heavy atom. The molecule has 4 nitrogen and oxygen atoms in total. The lowest BCUT2D eigenvalue weighted by Gasteiger charge is -2.39. The number of rotatable bonds is 8. The van der Waals surface area contributed by atoms with Crippen molar-refractivity contribution < 1.29 is 4.57 Å². The first-order chi connectivity index (χ1) is 25.8. The molecule has 6 aromatic carbocycles. The maximum Gasteiger partial charge on any atom is 0.164 e. The molecule has 1 heterocycles. The first-order valence-electron chi connectivity index (χ1n) is 18.7. The zero-order chi connectivity index (χ0) is 36.0. The van der Waals surface area contributed by atoms with E-state index in [-0.39, 0.29) is 5.41 Å². The predicted molar refractivity (Wildman–Crippen MR) is 219 cm³/mol. The minimum absolute atomic E-state index is 0.0476. The fourth-order valence-corrected chi connectivity index (χ4v) is 9.87. The molecule has 2 aliphatic rings. The van der Waals surface area contributed by atoms with Crippen molar-refractivity contribution >= 4 is 12.4 Å². The molecule has 0 saturated heterocycles. The summed E-state index contributed by atoms with van der Waals surface area (Å²) in [6.07, 6.45) is 5.02. The summed E-state index contributed by atoms with van der Waals surface area (Å²) < 4.78 is 12.7. The monoisotopic (exact) mass is 707 g/mol. The van der Waals surface area contributed by atoms with Gasteiger partial charge in [-0.15, -0.1) is 0 Å². The quantitative estimate of drug-likeness (QED) is 0.148. The molecular weight excluding hydrogens is 666 g/mol. The van der Waals surface area contributed by atoms with Gasteiger partial charge in [0.1, 0.15) is 7.14 Å². The SMILES string of the molecule is CP(C)(=O)c1ccc(-c2cccc(C3(c4ccc(-c5nc(-c6ccccc6)nc(-c6ccccc6-c6ccccc6)n5)cc4)CC4CCC3C4)c2)cc1. The van der Waals surface area contributed by atoms with E-state index in [0.29, 0.717) is 23.4 Å². The Labute approximate surface area is 312 Å². The molecule has 5 heteroatoms. The molecule has 0 N–H and O–H groups in total. The van der Waals surface area contributed by atoms with Crippen molar-refractivity contribution in [1.82, 2.24) is 15.0 Å². The molecule has 7 aromatic rings. The molecule has 0 aliphatic heterocycles. The number of nitrogens with zero attached hydrogens (tertiary/aromatic N) is 3. The molecule has 1 aromatic heterocycles. The maximum atomic E-state index is 12.7. The molecule has 2 saturated carbocycles. The van der Waals surface area contributed by atoms with Crippen molar-refractivity contribution in [3.8, 4) is 56.4 Å². The number of benzene rings is 6. The van der Waals surface area contributed by atoms with Gasteiger partial charge >= 0.3 is 0 Å². The van der Waals surface area contributed by atoms with Crippen molar-refractivity contribution in [2.24, 2.45) is 11.8 Å². The summed E-state index contributed by atoms with van der Waals surface area (Å²) in [5.74, 6) is 3.33. The third-order valence-corrected chi connectivity index (χ3v) is 13.2. The molecule has 2 fully saturated rings. The van der Waals surface area contributed by atoms with Crippen LogP contribution in [0.25, 0.3) is 56.4 Å². The first-order valence-corrected chi connectivity index (χ1v) is 21.3. The maximum absolute atomic E-state index is 12.7. The van der Waals surface area contributed by atoms with E-state index in [1.54, 1.807) is 0 Å². The van der Waals surface area contributed by atoms with Crippen LogP contribution in [0, 0.1) is 11.8 Å². The zero-order valence-corrected chi connectivity index (χ0v) is 31.1. The van der Waals surface area contributed by atoms with E-state index >= 15 is 0 Å². The van der Waals surface area contributed by atoms with Crippen molar-refractivity contribution in [2.75, 3.05) is 13.3 Å². The van der Waals surface area contributed by atoms with Crippen molar-refractivity contribution in [1.29, 1.82) is 0 Å². The third kappa shape index (κ3) is 6.26. The molecule has 9 rings (SSSR count). The van der Waals surface area contributed by atoms with Gasteiger partial charge in [0.2, 0.25) is 0 Å². The Morgan fingerprint density at radius 1 is 0.509 bits per heavy atom. The molecule has 53 heavy (non-hydrogen) atoms. The Bertz CT molecular complexity index is 2460. The Hall–Kier alpha value is -5.44. The molecule has 3 atom stereocenters. The molecule has 3 unspecified atom stereocenters. The Balaban J connectivity index is 1.12. The van der Waals surface area contributed by atoms with Crippen molar-refractivity contribution in [2.45, 2.75) is 31.1 Å². The normalized spacial score (nSPS) is 19.4. The van der Waals surface area contributed by atoms with E-state index in [4.69, 9.17) is 15.0 Å². The fourth-order valence-electron chi connectivity index (χ4n) is 9.00. The number of fused-ring (bicyclic) bond motifs is 2. The third-order valence-electron chi connectivity index (χ3n) is 11.6. The summed E-state index contributed by atoms with van der Waals surface area (Å²) in [4.78, 5) is 15.3. The summed E-state index contributed by atoms with van der Waals surface area (Å²) in [6.45, 7) is 3.67. The van der Waals surface area contributed by atoms with Gasteiger partial charge in [0.05, 0.1) is 0 Å². The Morgan fingerprint density at radius 3 is 1.70 bits per heavy atom. The lowest BCUT2D eigenvalue weighted by atomic mass is 9.64. The molecule has 0 radical (unpaired) electrons. The predicted octanol–water partition coefficient (Wildman–Crippen LogP) is 11.6. The average Bonchev–Trinajstić information content (AvgIpc) is 3.84. The summed E-state index contributed by atoms with van der Waals surface area (Å²) in [5.41, 5.74) is 10.2. The van der Waals surface area contributed by atoms with Crippen LogP contribution in [-0.4, -0.2) is 28.3 Å². The summed E-state index contributed by atoms with van der Waals surface area (Å²) >= 11 is 0. The lowest BCUT2D eigenvalue weighted by Crippen LogP contribution is -2.34. The molecule has 2 aliphatic carbocycles. The van der Waals surface area contributed by atoms with Crippen LogP contribution in [0.1, 0.15) is 36.8 Å². The highest BCUT2D eigenvalue weighted by Crippen LogP contribution is 2.60.